The molecule has 5 heterocycles. The second-order valence-electron chi connectivity index (χ2n) is 34.6. The van der Waals surface area contributed by atoms with E-state index >= 15 is 0 Å². The minimum Gasteiger partial charge on any atom is -0.435 e. The first-order valence-electron chi connectivity index (χ1n) is 46.3. The molecule has 0 N–H and O–H groups in total. The Morgan fingerprint density at radius 3 is 1.05 bits per heavy atom. The van der Waals surface area contributed by atoms with Crippen LogP contribution in [0.5, 0.6) is 0 Å². The number of para-hydroxylation sites is 1. The second-order valence-corrected chi connectivity index (χ2v) is 36.7. The molecule has 0 aliphatic rings. The van der Waals surface area contributed by atoms with Gasteiger partial charge in [-0.3, -0.25) is 0 Å². The third-order valence-electron chi connectivity index (χ3n) is 26.0. The van der Waals surface area contributed by atoms with Gasteiger partial charge in [-0.1, -0.05) is 376 Å². The molecule has 0 amide bonds. The highest BCUT2D eigenvalue weighted by Gasteiger charge is 2.22. The summed E-state index contributed by atoms with van der Waals surface area (Å²) in [4.78, 5) is 37.9. The van der Waals surface area contributed by atoms with E-state index in [1.165, 1.54) is 85.3 Å². The predicted molar refractivity (Wildman–Crippen MR) is 579 cm³/mol. The fraction of sp³-hybridized carbons (Fsp3) is 0. The molecule has 0 unspecified atom stereocenters. The molecule has 646 valence electrons. The maximum atomic E-state index is 6.41. The van der Waals surface area contributed by atoms with E-state index in [-0.39, 0.29) is 0 Å². The van der Waals surface area contributed by atoms with Crippen molar-refractivity contribution in [2.75, 3.05) is 4.90 Å². The van der Waals surface area contributed by atoms with Crippen LogP contribution < -0.4 is 4.90 Å². The molecule has 0 aliphatic heterocycles. The number of oxazole rings is 1. The van der Waals surface area contributed by atoms with Crippen molar-refractivity contribution >= 4 is 157 Å². The fourth-order valence-corrected chi connectivity index (χ4v) is 21.1. The highest BCUT2D eigenvalue weighted by atomic mass is 32.1. The molecule has 5 aromatic heterocycles. The van der Waals surface area contributed by atoms with Crippen molar-refractivity contribution in [1.29, 1.82) is 0 Å². The Bertz CT molecular complexity index is 9330. The lowest BCUT2D eigenvalue weighted by molar-refractivity contribution is 0.623. The molecule has 138 heavy (non-hydrogen) atoms. The molecule has 0 saturated heterocycles. The van der Waals surface area contributed by atoms with Gasteiger partial charge in [0.2, 0.25) is 5.89 Å². The monoisotopic (exact) mass is 1800 g/mol. The van der Waals surface area contributed by atoms with E-state index < -0.39 is 0 Å². The summed E-state index contributed by atoms with van der Waals surface area (Å²) in [6, 6.07) is 170. The smallest absolute Gasteiger partial charge is 0.227 e. The summed E-state index contributed by atoms with van der Waals surface area (Å²) in [5.41, 5.74) is 24.9. The largest absolute Gasteiger partial charge is 0.435 e. The van der Waals surface area contributed by atoms with Gasteiger partial charge in [0.1, 0.15) is 15.5 Å². The molecule has 11 heteroatoms. The average Bonchev–Trinajstić information content (AvgIpc) is 1.13. The zero-order valence-corrected chi connectivity index (χ0v) is 76.1. The average molecular weight is 1800 g/mol. The number of hydrogen-bond acceptors (Lipinski definition) is 11. The topological polar surface area (TPSA) is 107 Å². The number of thiazole rings is 2. The van der Waals surface area contributed by atoms with Crippen molar-refractivity contribution in [3.05, 3.63) is 485 Å². The Morgan fingerprint density at radius 2 is 0.522 bits per heavy atom. The fourth-order valence-electron chi connectivity index (χ4n) is 19.1. The highest BCUT2D eigenvalue weighted by molar-refractivity contribution is 7.22. The van der Waals surface area contributed by atoms with Gasteiger partial charge in [-0.2, -0.15) is 0 Å². The summed E-state index contributed by atoms with van der Waals surface area (Å²) in [6.45, 7) is 0. The summed E-state index contributed by atoms with van der Waals surface area (Å²) < 4.78 is 8.82. The lowest BCUT2D eigenvalue weighted by atomic mass is 9.96. The Labute approximate surface area is 803 Å². The van der Waals surface area contributed by atoms with E-state index in [4.69, 9.17) is 39.3 Å². The summed E-state index contributed by atoms with van der Waals surface area (Å²) >= 11 is 3.50. The van der Waals surface area contributed by atoms with Crippen molar-refractivity contribution in [1.82, 2.24) is 34.9 Å². The van der Waals surface area contributed by atoms with E-state index in [2.05, 4.69) is 417 Å². The summed E-state index contributed by atoms with van der Waals surface area (Å²) in [5.74, 6) is 2.01. The maximum absolute atomic E-state index is 6.41. The van der Waals surface area contributed by atoms with Crippen molar-refractivity contribution in [2.24, 2.45) is 0 Å². The molecule has 0 spiro atoms. The molecule has 22 aromatic carbocycles. The van der Waals surface area contributed by atoms with Crippen molar-refractivity contribution in [2.45, 2.75) is 0 Å². The van der Waals surface area contributed by atoms with Gasteiger partial charge in [-0.25, -0.2) is 34.9 Å². The molecule has 0 atom stereocenters. The minimum atomic E-state index is 0.624. The normalized spacial score (nSPS) is 11.5. The number of anilines is 3. The lowest BCUT2D eigenvalue weighted by Crippen LogP contribution is -2.09. The quantitative estimate of drug-likeness (QED) is 0.0984. The van der Waals surface area contributed by atoms with Crippen LogP contribution in [0.4, 0.5) is 17.1 Å². The van der Waals surface area contributed by atoms with Crippen LogP contribution in [0.25, 0.3) is 240 Å². The summed E-state index contributed by atoms with van der Waals surface area (Å²) in [7, 11) is 0. The van der Waals surface area contributed by atoms with Gasteiger partial charge in [0.15, 0.2) is 17.2 Å². The van der Waals surface area contributed by atoms with Crippen LogP contribution in [0.2, 0.25) is 0 Å². The number of nitrogens with zero attached hydrogens (tertiary/aromatic N) is 8. The number of fused-ring (bicyclic) bond motifs is 17. The van der Waals surface area contributed by atoms with Gasteiger partial charge < -0.3 is 9.32 Å². The Morgan fingerprint density at radius 1 is 0.188 bits per heavy atom. The van der Waals surface area contributed by atoms with E-state index in [1.807, 2.05) is 72.8 Å². The maximum Gasteiger partial charge on any atom is 0.227 e. The predicted octanol–water partition coefficient (Wildman–Crippen LogP) is 35.0. The van der Waals surface area contributed by atoms with Gasteiger partial charge >= 0.3 is 0 Å². The standard InChI is InChI=1S/C43H27N3S.C43H28N2S.C41H25N3O/c1-4-11-28(12-5-1)32-17-10-18-34(25-32)38-27-37(29-13-6-2-7-14-29)44-42(45-38)35-21-23-36-33(26-35)20-19-30-22-24-39-41(40(30)36)46-43(47-39)31-15-8-3-9-16-31;1-3-10-32(11-4-1)43-44-42-40(46-43)26-21-31-15-16-35-27-34(20-25-39(35)41(31)42)30-17-22-37(23-18-30)45(36-13-5-2-6-14-36)38-24-19-29-9-7-8-12-33(29)28-38;1-3-10-27(11-4-1)36-25-37(32-18-15-26-9-7-8-14-30(26)23-32)43-40(42-36)33-19-21-34-31(24-33)17-16-28-20-22-35-39(38(28)34)45-41(44-35)29-12-5-2-6-13-29/h1-27H;1-28H;1-25H. The molecule has 27 rings (SSSR count). The van der Waals surface area contributed by atoms with E-state index in [0.29, 0.717) is 17.5 Å². The van der Waals surface area contributed by atoms with Crippen LogP contribution >= 0.6 is 22.7 Å². The van der Waals surface area contributed by atoms with Gasteiger partial charge in [0, 0.05) is 83.3 Å². The molecule has 0 radical (unpaired) electrons. The number of benzene rings is 22. The molecular formula is C127H80N8OS2. The third-order valence-corrected chi connectivity index (χ3v) is 28.2. The molecular weight excluding hydrogens is 1720 g/mol. The van der Waals surface area contributed by atoms with Crippen molar-refractivity contribution in [3.8, 4) is 123 Å². The van der Waals surface area contributed by atoms with Crippen LogP contribution in [-0.2, 0) is 0 Å². The van der Waals surface area contributed by atoms with Crippen molar-refractivity contribution < 1.29 is 4.42 Å². The number of rotatable bonds is 14. The van der Waals surface area contributed by atoms with Gasteiger partial charge in [0.05, 0.1) is 43.2 Å². The van der Waals surface area contributed by atoms with E-state index in [9.17, 15) is 0 Å². The van der Waals surface area contributed by atoms with Crippen LogP contribution in [-0.4, -0.2) is 34.9 Å². The van der Waals surface area contributed by atoms with Crippen LogP contribution in [0, 0.1) is 0 Å². The van der Waals surface area contributed by atoms with Gasteiger partial charge in [-0.05, 0) is 201 Å². The highest BCUT2D eigenvalue weighted by Crippen LogP contribution is 2.46. The second kappa shape index (κ2) is 35.6. The molecule has 0 bridgehead atoms. The summed E-state index contributed by atoms with van der Waals surface area (Å²) in [5, 5.41) is 20.9. The van der Waals surface area contributed by atoms with Crippen LogP contribution in [0.3, 0.4) is 0 Å². The van der Waals surface area contributed by atoms with Gasteiger partial charge in [0.25, 0.3) is 0 Å². The SMILES string of the molecule is c1ccc(-c2cc(-c3ccc4ccccc4c3)nc(-c3ccc4c(ccc5ccc6nc(-c7ccccc7)oc6c54)c3)n2)cc1.c1ccc(-c2cccc(-c3cc(-c4ccccc4)nc(-c4ccc5c(ccc6ccc7sc(-c8ccccc8)nc7c65)c4)n3)c2)cc1.c1ccc(-c2nc3c(ccc4ccc5cc(-c6ccc(N(c7ccccc7)c7ccc8ccccc8c7)cc6)ccc5c43)s2)cc1. The zero-order chi connectivity index (χ0) is 91.4. The molecule has 0 saturated carbocycles. The van der Waals surface area contributed by atoms with Gasteiger partial charge in [-0.15, -0.1) is 22.7 Å². The first-order valence-corrected chi connectivity index (χ1v) is 47.9. The Balaban J connectivity index is 0.000000110. The first kappa shape index (κ1) is 82.1. The minimum absolute atomic E-state index is 0.624. The lowest BCUT2D eigenvalue weighted by Gasteiger charge is -2.26. The molecule has 9 nitrogen and oxygen atoms in total. The first-order chi connectivity index (χ1) is 68.3. The van der Waals surface area contributed by atoms with E-state index in [1.54, 1.807) is 22.7 Å². The van der Waals surface area contributed by atoms with Crippen molar-refractivity contribution in [3.63, 3.8) is 0 Å². The third kappa shape index (κ3) is 15.9. The zero-order valence-electron chi connectivity index (χ0n) is 74.5. The van der Waals surface area contributed by atoms with E-state index in [0.717, 1.165) is 155 Å². The van der Waals surface area contributed by atoms with Crippen LogP contribution in [0.15, 0.2) is 490 Å². The summed E-state index contributed by atoms with van der Waals surface area (Å²) in [6.07, 6.45) is 0. The Kier molecular flexibility index (Phi) is 21.2. The molecule has 0 fully saturated rings. The van der Waals surface area contributed by atoms with Crippen LogP contribution in [0.1, 0.15) is 0 Å². The number of aromatic nitrogens is 7. The molecule has 27 aromatic rings. The molecule has 0 aliphatic carbocycles. The Hall–Kier alpha value is -17.9. The number of hydrogen-bond donors (Lipinski definition) is 0.